The number of carbonyl (C=O) groups excluding carboxylic acids is 3. The molecule has 2 amide bonds. The molecule has 1 saturated heterocycles. The summed E-state index contributed by atoms with van der Waals surface area (Å²) in [4.78, 5) is 38.2. The SMILES string of the molecule is C[C@H](NC(=O)COC(=O)[C@H]1CC(=O)N(c2cccc(Cl)c2Cl)C1)c1ccccc1. The fourth-order valence-corrected chi connectivity index (χ4v) is 3.56. The lowest BCUT2D eigenvalue weighted by molar-refractivity contribution is -0.152. The lowest BCUT2D eigenvalue weighted by Crippen LogP contribution is -2.32. The van der Waals surface area contributed by atoms with Gasteiger partial charge in [0.1, 0.15) is 0 Å². The highest BCUT2D eigenvalue weighted by molar-refractivity contribution is 6.44. The highest BCUT2D eigenvalue weighted by Crippen LogP contribution is 2.35. The lowest BCUT2D eigenvalue weighted by Gasteiger charge is -2.18. The van der Waals surface area contributed by atoms with Crippen LogP contribution in [0.2, 0.25) is 10.0 Å². The Labute approximate surface area is 178 Å². The molecule has 3 rings (SSSR count). The van der Waals surface area contributed by atoms with Crippen LogP contribution in [0.25, 0.3) is 0 Å². The zero-order chi connectivity index (χ0) is 21.0. The first-order valence-corrected chi connectivity index (χ1v) is 9.87. The first-order chi connectivity index (χ1) is 13.9. The van der Waals surface area contributed by atoms with Gasteiger partial charge in [0.15, 0.2) is 6.61 Å². The summed E-state index contributed by atoms with van der Waals surface area (Å²) in [6.07, 6.45) is -0.0102. The number of hydrogen-bond donors (Lipinski definition) is 1. The molecule has 1 N–H and O–H groups in total. The largest absolute Gasteiger partial charge is 0.455 e. The molecular formula is C21H20Cl2N2O4. The van der Waals surface area contributed by atoms with E-state index in [2.05, 4.69) is 5.32 Å². The van der Waals surface area contributed by atoms with E-state index in [4.69, 9.17) is 27.9 Å². The third kappa shape index (κ3) is 5.08. The van der Waals surface area contributed by atoms with Gasteiger partial charge in [0.2, 0.25) is 5.91 Å². The summed E-state index contributed by atoms with van der Waals surface area (Å²) in [7, 11) is 0. The van der Waals surface area contributed by atoms with Crippen LogP contribution < -0.4 is 10.2 Å². The third-order valence-corrected chi connectivity index (χ3v) is 5.51. The summed E-state index contributed by atoms with van der Waals surface area (Å²) in [5, 5.41) is 3.36. The molecule has 0 bridgehead atoms. The molecule has 2 atom stereocenters. The van der Waals surface area contributed by atoms with Crippen LogP contribution in [0.3, 0.4) is 0 Å². The average molecular weight is 435 g/mol. The quantitative estimate of drug-likeness (QED) is 0.702. The van der Waals surface area contributed by atoms with Crippen molar-refractivity contribution < 1.29 is 19.1 Å². The van der Waals surface area contributed by atoms with Gasteiger partial charge in [-0.3, -0.25) is 14.4 Å². The van der Waals surface area contributed by atoms with Gasteiger partial charge < -0.3 is 15.0 Å². The van der Waals surface area contributed by atoms with E-state index >= 15 is 0 Å². The van der Waals surface area contributed by atoms with E-state index in [1.54, 1.807) is 18.2 Å². The van der Waals surface area contributed by atoms with Crippen LogP contribution in [0.4, 0.5) is 5.69 Å². The normalized spacial score (nSPS) is 17.1. The van der Waals surface area contributed by atoms with Crippen molar-refractivity contribution in [1.82, 2.24) is 5.32 Å². The molecule has 8 heteroatoms. The van der Waals surface area contributed by atoms with Gasteiger partial charge >= 0.3 is 5.97 Å². The van der Waals surface area contributed by atoms with Crippen molar-refractivity contribution in [3.05, 3.63) is 64.1 Å². The number of hydrogen-bond acceptors (Lipinski definition) is 4. The molecule has 6 nitrogen and oxygen atoms in total. The van der Waals surface area contributed by atoms with Crippen LogP contribution in [0.1, 0.15) is 24.9 Å². The number of anilines is 1. The van der Waals surface area contributed by atoms with Gasteiger partial charge in [-0.15, -0.1) is 0 Å². The Morgan fingerprint density at radius 1 is 1.17 bits per heavy atom. The Kier molecular flexibility index (Phi) is 6.77. The van der Waals surface area contributed by atoms with E-state index in [1.165, 1.54) is 4.90 Å². The third-order valence-electron chi connectivity index (χ3n) is 4.70. The summed E-state index contributed by atoms with van der Waals surface area (Å²) in [5.74, 6) is -1.93. The molecule has 0 aliphatic carbocycles. The topological polar surface area (TPSA) is 75.7 Å². The monoisotopic (exact) mass is 434 g/mol. The number of carbonyl (C=O) groups is 3. The minimum atomic E-state index is -0.670. The van der Waals surface area contributed by atoms with Crippen molar-refractivity contribution >= 4 is 46.7 Å². The van der Waals surface area contributed by atoms with Gasteiger partial charge in [0, 0.05) is 13.0 Å². The van der Waals surface area contributed by atoms with Gasteiger partial charge in [-0.1, -0.05) is 59.6 Å². The van der Waals surface area contributed by atoms with Crippen LogP contribution in [-0.4, -0.2) is 30.9 Å². The maximum Gasteiger partial charge on any atom is 0.311 e. The molecule has 0 radical (unpaired) electrons. The zero-order valence-corrected chi connectivity index (χ0v) is 17.2. The van der Waals surface area contributed by atoms with Crippen LogP contribution in [-0.2, 0) is 19.1 Å². The van der Waals surface area contributed by atoms with Gasteiger partial charge in [0.05, 0.1) is 27.7 Å². The number of ether oxygens (including phenoxy) is 1. The predicted octanol–water partition coefficient (Wildman–Crippen LogP) is 3.77. The Morgan fingerprint density at radius 2 is 1.90 bits per heavy atom. The fraction of sp³-hybridized carbons (Fsp3) is 0.286. The maximum absolute atomic E-state index is 12.3. The molecule has 0 unspecified atom stereocenters. The van der Waals surface area contributed by atoms with Crippen LogP contribution >= 0.6 is 23.2 Å². The molecule has 0 saturated carbocycles. The van der Waals surface area contributed by atoms with Gasteiger partial charge in [-0.05, 0) is 24.6 Å². The van der Waals surface area contributed by atoms with Crippen LogP contribution in [0.5, 0.6) is 0 Å². The number of amides is 2. The van der Waals surface area contributed by atoms with Gasteiger partial charge in [0.25, 0.3) is 5.91 Å². The van der Waals surface area contributed by atoms with Crippen LogP contribution in [0.15, 0.2) is 48.5 Å². The minimum absolute atomic E-state index is 0.0102. The number of esters is 1. The number of rotatable bonds is 6. The van der Waals surface area contributed by atoms with Crippen molar-refractivity contribution in [3.63, 3.8) is 0 Å². The zero-order valence-electron chi connectivity index (χ0n) is 15.7. The van der Waals surface area contributed by atoms with Gasteiger partial charge in [-0.2, -0.15) is 0 Å². The average Bonchev–Trinajstić information content (AvgIpc) is 3.10. The summed E-state index contributed by atoms with van der Waals surface area (Å²) in [5.41, 5.74) is 1.40. The summed E-state index contributed by atoms with van der Waals surface area (Å²) in [6.45, 7) is 1.57. The van der Waals surface area contributed by atoms with Crippen molar-refractivity contribution in [2.75, 3.05) is 18.1 Å². The van der Waals surface area contributed by atoms with E-state index in [-0.39, 0.29) is 29.9 Å². The van der Waals surface area contributed by atoms with E-state index < -0.39 is 24.4 Å². The second-order valence-electron chi connectivity index (χ2n) is 6.79. The maximum atomic E-state index is 12.3. The Bertz CT molecular complexity index is 920. The molecule has 0 spiro atoms. The second-order valence-corrected chi connectivity index (χ2v) is 7.57. The Morgan fingerprint density at radius 3 is 2.62 bits per heavy atom. The lowest BCUT2D eigenvalue weighted by atomic mass is 10.1. The molecule has 1 aliphatic heterocycles. The standard InChI is InChI=1S/C21H20Cl2N2O4/c1-13(14-6-3-2-4-7-14)24-18(26)12-29-21(28)15-10-19(27)25(11-15)17-9-5-8-16(22)20(17)23/h2-9,13,15H,10-12H2,1H3,(H,24,26)/t13-,15-/m0/s1. The molecule has 29 heavy (non-hydrogen) atoms. The van der Waals surface area contributed by atoms with Crippen molar-refractivity contribution in [3.8, 4) is 0 Å². The number of nitrogens with one attached hydrogen (secondary N) is 1. The van der Waals surface area contributed by atoms with Gasteiger partial charge in [-0.25, -0.2) is 0 Å². The molecule has 1 fully saturated rings. The van der Waals surface area contributed by atoms with Crippen molar-refractivity contribution in [2.24, 2.45) is 5.92 Å². The van der Waals surface area contributed by atoms with E-state index in [9.17, 15) is 14.4 Å². The Balaban J connectivity index is 1.53. The molecule has 2 aromatic carbocycles. The summed E-state index contributed by atoms with van der Waals surface area (Å²) >= 11 is 12.2. The first kappa shape index (κ1) is 21.1. The van der Waals surface area contributed by atoms with Crippen molar-refractivity contribution in [2.45, 2.75) is 19.4 Å². The second kappa shape index (κ2) is 9.29. The highest BCUT2D eigenvalue weighted by Gasteiger charge is 2.37. The first-order valence-electron chi connectivity index (χ1n) is 9.12. The smallest absolute Gasteiger partial charge is 0.311 e. The molecule has 2 aromatic rings. The molecule has 152 valence electrons. The molecule has 1 aliphatic rings. The fourth-order valence-electron chi connectivity index (χ4n) is 3.16. The molecule has 1 heterocycles. The van der Waals surface area contributed by atoms with Crippen LogP contribution in [0, 0.1) is 5.92 Å². The van der Waals surface area contributed by atoms with E-state index in [0.717, 1.165) is 5.56 Å². The summed E-state index contributed by atoms with van der Waals surface area (Å²) < 4.78 is 5.12. The Hall–Kier alpha value is -2.57. The minimum Gasteiger partial charge on any atom is -0.455 e. The number of halogens is 2. The predicted molar refractivity (Wildman–Crippen MR) is 111 cm³/mol. The van der Waals surface area contributed by atoms with E-state index in [0.29, 0.717) is 10.7 Å². The number of benzene rings is 2. The summed E-state index contributed by atoms with van der Waals surface area (Å²) in [6, 6.07) is 14.2. The molecular weight excluding hydrogens is 415 g/mol. The van der Waals surface area contributed by atoms with Crippen molar-refractivity contribution in [1.29, 1.82) is 0 Å². The highest BCUT2D eigenvalue weighted by atomic mass is 35.5. The van der Waals surface area contributed by atoms with E-state index in [1.807, 2.05) is 37.3 Å². The molecule has 0 aromatic heterocycles. The number of nitrogens with zero attached hydrogens (tertiary/aromatic N) is 1.